The second kappa shape index (κ2) is 60.1. The number of carbonyl (C=O) groups is 3. The molecule has 0 bridgehead atoms. The van der Waals surface area contributed by atoms with Crippen molar-refractivity contribution in [2.45, 2.75) is 258 Å². The van der Waals surface area contributed by atoms with E-state index in [2.05, 4.69) is 154 Å². The third-order valence-corrected chi connectivity index (χ3v) is 12.1. The molecule has 1 atom stereocenters. The summed E-state index contributed by atoms with van der Waals surface area (Å²) in [5.74, 6) is -0.964. The van der Waals surface area contributed by atoms with Gasteiger partial charge in [0.2, 0.25) is 0 Å². The molecule has 0 aliphatic carbocycles. The number of ether oxygens (including phenoxy) is 3. The minimum absolute atomic E-state index is 0.105. The number of carbonyl (C=O) groups excluding carboxylic acids is 3. The Kier molecular flexibility index (Phi) is 56.4. The van der Waals surface area contributed by atoms with Gasteiger partial charge in [-0.1, -0.05) is 231 Å². The fourth-order valence-electron chi connectivity index (χ4n) is 7.72. The van der Waals surface area contributed by atoms with Gasteiger partial charge in [-0.05, 0) is 135 Å². The molecular weight excluding hydrogens is 901 g/mol. The molecule has 0 aliphatic heterocycles. The van der Waals surface area contributed by atoms with Gasteiger partial charge in [0.1, 0.15) is 13.2 Å². The lowest BCUT2D eigenvalue weighted by Gasteiger charge is -2.18. The molecular formula is C67H108O6. The Balaban J connectivity index is 4.50. The summed E-state index contributed by atoms with van der Waals surface area (Å²) in [5.41, 5.74) is 0. The van der Waals surface area contributed by atoms with Crippen molar-refractivity contribution in [3.63, 3.8) is 0 Å². The molecule has 0 aromatic rings. The molecule has 412 valence electrons. The van der Waals surface area contributed by atoms with Gasteiger partial charge in [0, 0.05) is 19.3 Å². The van der Waals surface area contributed by atoms with E-state index in [9.17, 15) is 14.4 Å². The largest absolute Gasteiger partial charge is 0.462 e. The van der Waals surface area contributed by atoms with E-state index in [0.717, 1.165) is 161 Å². The van der Waals surface area contributed by atoms with Gasteiger partial charge in [-0.25, -0.2) is 0 Å². The van der Waals surface area contributed by atoms with Gasteiger partial charge in [0.15, 0.2) is 6.10 Å². The Hall–Kier alpha value is -4.45. The molecule has 73 heavy (non-hydrogen) atoms. The van der Waals surface area contributed by atoms with Crippen molar-refractivity contribution in [2.75, 3.05) is 13.2 Å². The first-order valence-corrected chi connectivity index (χ1v) is 29.7. The van der Waals surface area contributed by atoms with Crippen LogP contribution in [0.3, 0.4) is 0 Å². The summed E-state index contributed by atoms with van der Waals surface area (Å²) in [6.07, 6.45) is 84.4. The Morgan fingerprint density at radius 2 is 0.534 bits per heavy atom. The first-order valence-electron chi connectivity index (χ1n) is 29.7. The smallest absolute Gasteiger partial charge is 0.306 e. The van der Waals surface area contributed by atoms with Crippen LogP contribution in [0.4, 0.5) is 0 Å². The maximum absolute atomic E-state index is 12.9. The number of unbranched alkanes of at least 4 members (excludes halogenated alkanes) is 19. The highest BCUT2D eigenvalue weighted by Gasteiger charge is 2.19. The Morgan fingerprint density at radius 1 is 0.288 bits per heavy atom. The summed E-state index contributed by atoms with van der Waals surface area (Å²) in [7, 11) is 0. The molecule has 0 rings (SSSR count). The molecule has 0 saturated heterocycles. The van der Waals surface area contributed by atoms with Gasteiger partial charge in [-0.3, -0.25) is 14.4 Å². The summed E-state index contributed by atoms with van der Waals surface area (Å²) in [4.78, 5) is 38.2. The topological polar surface area (TPSA) is 78.9 Å². The highest BCUT2D eigenvalue weighted by molar-refractivity contribution is 5.71. The average Bonchev–Trinajstić information content (AvgIpc) is 3.39. The normalized spacial score (nSPS) is 13.1. The molecule has 0 radical (unpaired) electrons. The van der Waals surface area contributed by atoms with Crippen LogP contribution in [-0.4, -0.2) is 37.2 Å². The molecule has 6 heteroatoms. The van der Waals surface area contributed by atoms with Gasteiger partial charge >= 0.3 is 17.9 Å². The van der Waals surface area contributed by atoms with Gasteiger partial charge in [0.05, 0.1) is 0 Å². The Bertz CT molecular complexity index is 1580. The number of esters is 3. The molecule has 0 aliphatic rings. The van der Waals surface area contributed by atoms with E-state index in [4.69, 9.17) is 14.2 Å². The summed E-state index contributed by atoms with van der Waals surface area (Å²) >= 11 is 0. The quantitative estimate of drug-likeness (QED) is 0.0261. The van der Waals surface area contributed by atoms with Crippen LogP contribution in [0, 0.1) is 0 Å². The van der Waals surface area contributed by atoms with Crippen LogP contribution < -0.4 is 0 Å². The van der Waals surface area contributed by atoms with Crippen LogP contribution in [0.15, 0.2) is 134 Å². The van der Waals surface area contributed by atoms with Crippen LogP contribution in [0.1, 0.15) is 252 Å². The monoisotopic (exact) mass is 1010 g/mol. The lowest BCUT2D eigenvalue weighted by atomic mass is 10.1. The minimum Gasteiger partial charge on any atom is -0.462 e. The molecule has 0 N–H and O–H groups in total. The van der Waals surface area contributed by atoms with Gasteiger partial charge < -0.3 is 14.2 Å². The molecule has 6 nitrogen and oxygen atoms in total. The Morgan fingerprint density at radius 3 is 0.849 bits per heavy atom. The van der Waals surface area contributed by atoms with Crippen molar-refractivity contribution in [1.29, 1.82) is 0 Å². The van der Waals surface area contributed by atoms with Gasteiger partial charge in [-0.15, -0.1) is 0 Å². The van der Waals surface area contributed by atoms with Gasteiger partial charge in [0.25, 0.3) is 0 Å². The molecule has 0 amide bonds. The van der Waals surface area contributed by atoms with Crippen LogP contribution in [-0.2, 0) is 28.6 Å². The van der Waals surface area contributed by atoms with E-state index in [1.807, 2.05) is 0 Å². The summed E-state index contributed by atoms with van der Waals surface area (Å²) in [6, 6.07) is 0. The minimum atomic E-state index is -0.811. The third-order valence-electron chi connectivity index (χ3n) is 12.1. The van der Waals surface area contributed by atoms with Crippen molar-refractivity contribution in [2.24, 2.45) is 0 Å². The lowest BCUT2D eigenvalue weighted by molar-refractivity contribution is -0.167. The first kappa shape index (κ1) is 68.6. The number of allylic oxidation sites excluding steroid dienone is 22. The molecule has 0 aromatic carbocycles. The third kappa shape index (κ3) is 58.3. The molecule has 0 fully saturated rings. The molecule has 1 unspecified atom stereocenters. The van der Waals surface area contributed by atoms with Gasteiger partial charge in [-0.2, -0.15) is 0 Å². The van der Waals surface area contributed by atoms with Crippen molar-refractivity contribution < 1.29 is 28.6 Å². The zero-order valence-corrected chi connectivity index (χ0v) is 47.1. The zero-order valence-electron chi connectivity index (χ0n) is 47.1. The lowest BCUT2D eigenvalue weighted by Crippen LogP contribution is -2.30. The highest BCUT2D eigenvalue weighted by Crippen LogP contribution is 2.13. The van der Waals surface area contributed by atoms with Crippen molar-refractivity contribution in [1.82, 2.24) is 0 Å². The van der Waals surface area contributed by atoms with E-state index < -0.39 is 6.10 Å². The number of hydrogen-bond donors (Lipinski definition) is 0. The van der Waals surface area contributed by atoms with Crippen molar-refractivity contribution >= 4 is 17.9 Å². The Labute approximate surface area is 449 Å². The first-order chi connectivity index (χ1) is 36.0. The highest BCUT2D eigenvalue weighted by atomic mass is 16.6. The zero-order chi connectivity index (χ0) is 52.9. The van der Waals surface area contributed by atoms with Crippen LogP contribution >= 0.6 is 0 Å². The molecule has 0 aromatic heterocycles. The number of rotatable bonds is 52. The van der Waals surface area contributed by atoms with Crippen molar-refractivity contribution in [3.05, 3.63) is 134 Å². The fourth-order valence-corrected chi connectivity index (χ4v) is 7.72. The predicted molar refractivity (Wildman–Crippen MR) is 316 cm³/mol. The SMILES string of the molecule is CC/C=C\C/C=C\C/C=C\C/C=C\C/C=C\C/C=C\CCCCCCC(=O)OCC(COC(=O)CCCCCCC/C=C\CCCCCCCC)OC(=O)CCCCCC/C=C\C/C=C\C/C=C\C/C=C\CC. The average molecular weight is 1010 g/mol. The second-order valence-corrected chi connectivity index (χ2v) is 19.1. The summed E-state index contributed by atoms with van der Waals surface area (Å²) in [5, 5.41) is 0. The van der Waals surface area contributed by atoms with E-state index in [-0.39, 0.29) is 37.5 Å². The van der Waals surface area contributed by atoms with Crippen LogP contribution in [0.2, 0.25) is 0 Å². The van der Waals surface area contributed by atoms with E-state index in [1.54, 1.807) is 0 Å². The van der Waals surface area contributed by atoms with Crippen LogP contribution in [0.25, 0.3) is 0 Å². The standard InChI is InChI=1S/C67H108O6/c1-4-7-10-13-16-19-22-25-28-30-31-32-33-34-35-37-39-42-45-48-51-54-57-60-66(69)72-63-64(62-71-65(68)59-56-53-50-47-44-41-38-27-24-21-18-15-12-9-6-3)73-67(70)61-58-55-52-49-46-43-40-36-29-26-23-20-17-14-11-8-5-2/h7-8,10-11,16-17,19-20,25-29,31-32,34-35,38-40,42-43,64H,4-6,9,12-15,18,21-24,30,33,36-37,41,44-63H2,1-3H3/b10-7-,11-8-,19-16-,20-17-,28-25-,29-26-,32-31-,35-34-,38-27-,42-39-,43-40-. The van der Waals surface area contributed by atoms with E-state index in [1.165, 1.54) is 51.4 Å². The molecule has 0 saturated carbocycles. The summed E-state index contributed by atoms with van der Waals surface area (Å²) < 4.78 is 16.8. The van der Waals surface area contributed by atoms with Crippen LogP contribution in [0.5, 0.6) is 0 Å². The molecule has 0 spiro atoms. The maximum atomic E-state index is 12.9. The fraction of sp³-hybridized carbons (Fsp3) is 0.627. The molecule has 0 heterocycles. The second-order valence-electron chi connectivity index (χ2n) is 19.1. The predicted octanol–water partition coefficient (Wildman–Crippen LogP) is 20.2. The summed E-state index contributed by atoms with van der Waals surface area (Å²) in [6.45, 7) is 6.35. The maximum Gasteiger partial charge on any atom is 0.306 e. The van der Waals surface area contributed by atoms with E-state index in [0.29, 0.717) is 12.8 Å². The van der Waals surface area contributed by atoms with Crippen molar-refractivity contribution in [3.8, 4) is 0 Å². The number of hydrogen-bond acceptors (Lipinski definition) is 6. The van der Waals surface area contributed by atoms with E-state index >= 15 is 0 Å².